The van der Waals surface area contributed by atoms with Crippen LogP contribution in [0.4, 0.5) is 0 Å². The normalized spacial score (nSPS) is 19.7. The fraction of sp³-hybridized carbons (Fsp3) is 0.308. The molecule has 0 fully saturated rings. The van der Waals surface area contributed by atoms with Gasteiger partial charge in [-0.25, -0.2) is 8.42 Å². The summed E-state index contributed by atoms with van der Waals surface area (Å²) in [5.41, 5.74) is 1.74. The zero-order valence-corrected chi connectivity index (χ0v) is 11.1. The molecular weight excluding hydrogens is 266 g/mol. The summed E-state index contributed by atoms with van der Waals surface area (Å²) in [4.78, 5) is 11.3. The van der Waals surface area contributed by atoms with Crippen LogP contribution in [0.25, 0.3) is 0 Å². The third-order valence-electron chi connectivity index (χ3n) is 3.18. The molecule has 5 nitrogen and oxygen atoms in total. The summed E-state index contributed by atoms with van der Waals surface area (Å²) in [7, 11) is -3.64. The van der Waals surface area contributed by atoms with E-state index in [1.807, 2.05) is 24.3 Å². The van der Waals surface area contributed by atoms with E-state index in [4.69, 9.17) is 0 Å². The molecule has 0 bridgehead atoms. The minimum atomic E-state index is -3.64. The highest BCUT2D eigenvalue weighted by Crippen LogP contribution is 2.26. The molecule has 0 spiro atoms. The minimum Gasteiger partial charge on any atom is -0.480 e. The average molecular weight is 281 g/mol. The molecule has 0 radical (unpaired) electrons. The third kappa shape index (κ3) is 2.69. The second-order valence-corrected chi connectivity index (χ2v) is 6.41. The molecule has 1 aromatic carbocycles. The molecule has 1 heterocycles. The summed E-state index contributed by atoms with van der Waals surface area (Å²) < 4.78 is 25.3. The first-order valence-electron chi connectivity index (χ1n) is 5.85. The summed E-state index contributed by atoms with van der Waals surface area (Å²) in [5.74, 6) is -1.37. The lowest BCUT2D eigenvalue weighted by Gasteiger charge is -2.33. The smallest absolute Gasteiger partial charge is 0.322 e. The van der Waals surface area contributed by atoms with E-state index in [0.29, 0.717) is 0 Å². The van der Waals surface area contributed by atoms with Gasteiger partial charge in [-0.15, -0.1) is 6.58 Å². The number of aliphatic carboxylic acids is 1. The third-order valence-corrected chi connectivity index (χ3v) is 4.93. The lowest BCUT2D eigenvalue weighted by Crippen LogP contribution is -2.49. The van der Waals surface area contributed by atoms with Crippen LogP contribution >= 0.6 is 0 Å². The van der Waals surface area contributed by atoms with Gasteiger partial charge in [-0.1, -0.05) is 30.3 Å². The van der Waals surface area contributed by atoms with Gasteiger partial charge in [0.25, 0.3) is 0 Å². The Morgan fingerprint density at radius 1 is 1.42 bits per heavy atom. The zero-order chi connectivity index (χ0) is 14.0. The van der Waals surface area contributed by atoms with Crippen molar-refractivity contribution in [3.8, 4) is 0 Å². The van der Waals surface area contributed by atoms with Crippen molar-refractivity contribution in [2.75, 3.05) is 5.75 Å². The fourth-order valence-corrected chi connectivity index (χ4v) is 3.62. The number of carbonyl (C=O) groups is 1. The van der Waals surface area contributed by atoms with E-state index in [9.17, 15) is 18.3 Å². The van der Waals surface area contributed by atoms with Gasteiger partial charge in [-0.05, 0) is 11.1 Å². The lowest BCUT2D eigenvalue weighted by atomic mass is 9.96. The maximum absolute atomic E-state index is 12.1. The topological polar surface area (TPSA) is 74.7 Å². The van der Waals surface area contributed by atoms with Crippen LogP contribution in [0.15, 0.2) is 36.9 Å². The lowest BCUT2D eigenvalue weighted by molar-refractivity contribution is -0.141. The summed E-state index contributed by atoms with van der Waals surface area (Å²) in [5, 5.41) is 9.23. The predicted octanol–water partition coefficient (Wildman–Crippen LogP) is 1.01. The van der Waals surface area contributed by atoms with E-state index in [-0.39, 0.29) is 18.7 Å². The number of carboxylic acid groups (broad SMARTS) is 1. The molecule has 1 aliphatic heterocycles. The molecule has 1 atom stereocenters. The summed E-state index contributed by atoms with van der Waals surface area (Å²) in [6.45, 7) is 3.50. The number of nitrogens with zero attached hydrogens (tertiary/aromatic N) is 1. The Kier molecular flexibility index (Phi) is 3.73. The maximum Gasteiger partial charge on any atom is 0.322 e. The van der Waals surface area contributed by atoms with E-state index >= 15 is 0 Å². The molecular formula is C13H15NO4S. The molecule has 102 valence electrons. The Bertz CT molecular complexity index is 609. The van der Waals surface area contributed by atoms with Gasteiger partial charge in [0.15, 0.2) is 0 Å². The highest BCUT2D eigenvalue weighted by atomic mass is 32.2. The van der Waals surface area contributed by atoms with Crippen molar-refractivity contribution in [3.05, 3.63) is 48.0 Å². The predicted molar refractivity (Wildman–Crippen MR) is 71.1 cm³/mol. The molecule has 2 rings (SSSR count). The summed E-state index contributed by atoms with van der Waals surface area (Å²) >= 11 is 0. The van der Waals surface area contributed by atoms with Gasteiger partial charge in [0.2, 0.25) is 10.0 Å². The first kappa shape index (κ1) is 13.8. The van der Waals surface area contributed by atoms with E-state index in [0.717, 1.165) is 15.4 Å². The molecule has 1 aromatic rings. The quantitative estimate of drug-likeness (QED) is 0.836. The highest BCUT2D eigenvalue weighted by molar-refractivity contribution is 7.89. The standard InChI is InChI=1S/C13H15NO4S/c1-2-7-19(17,18)14-9-11-6-4-3-5-10(11)8-12(14)13(15)16/h2-6,12H,1,7-9H2,(H,15,16)/t12-/m0/s1. The van der Waals surface area contributed by atoms with Gasteiger partial charge < -0.3 is 5.11 Å². The van der Waals surface area contributed by atoms with Crippen molar-refractivity contribution in [2.24, 2.45) is 0 Å². The summed E-state index contributed by atoms with van der Waals surface area (Å²) in [6.07, 6.45) is 1.47. The summed E-state index contributed by atoms with van der Waals surface area (Å²) in [6, 6.07) is 6.26. The Morgan fingerprint density at radius 3 is 2.63 bits per heavy atom. The first-order valence-corrected chi connectivity index (χ1v) is 7.46. The van der Waals surface area contributed by atoms with Gasteiger partial charge in [0.1, 0.15) is 6.04 Å². The van der Waals surface area contributed by atoms with Gasteiger partial charge in [-0.2, -0.15) is 4.31 Å². The SMILES string of the molecule is C=CCS(=O)(=O)N1Cc2ccccc2C[C@H]1C(=O)O. The number of hydrogen-bond acceptors (Lipinski definition) is 3. The van der Waals surface area contributed by atoms with Crippen molar-refractivity contribution in [3.63, 3.8) is 0 Å². The Labute approximate surface area is 112 Å². The van der Waals surface area contributed by atoms with Crippen molar-refractivity contribution in [1.82, 2.24) is 4.31 Å². The van der Waals surface area contributed by atoms with Gasteiger partial charge in [0.05, 0.1) is 5.75 Å². The monoisotopic (exact) mass is 281 g/mol. The van der Waals surface area contributed by atoms with Crippen molar-refractivity contribution in [1.29, 1.82) is 0 Å². The van der Waals surface area contributed by atoms with E-state index < -0.39 is 22.0 Å². The van der Waals surface area contributed by atoms with Crippen molar-refractivity contribution < 1.29 is 18.3 Å². The number of rotatable bonds is 4. The molecule has 0 saturated heterocycles. The van der Waals surface area contributed by atoms with Crippen LogP contribution in [-0.4, -0.2) is 35.6 Å². The Balaban J connectivity index is 2.43. The maximum atomic E-state index is 12.1. The number of sulfonamides is 1. The molecule has 0 aliphatic carbocycles. The van der Waals surface area contributed by atoms with Crippen LogP contribution < -0.4 is 0 Å². The van der Waals surface area contributed by atoms with Gasteiger partial charge in [-0.3, -0.25) is 4.79 Å². The van der Waals surface area contributed by atoms with Crippen LogP contribution in [0.1, 0.15) is 11.1 Å². The van der Waals surface area contributed by atoms with E-state index in [1.165, 1.54) is 6.08 Å². The molecule has 0 saturated carbocycles. The Hall–Kier alpha value is -1.66. The van der Waals surface area contributed by atoms with Crippen LogP contribution in [-0.2, 0) is 27.8 Å². The van der Waals surface area contributed by atoms with Crippen LogP contribution in [0, 0.1) is 0 Å². The van der Waals surface area contributed by atoms with Crippen LogP contribution in [0.5, 0.6) is 0 Å². The second-order valence-electron chi connectivity index (χ2n) is 4.44. The molecule has 19 heavy (non-hydrogen) atoms. The Morgan fingerprint density at radius 2 is 2.05 bits per heavy atom. The molecule has 0 aromatic heterocycles. The van der Waals surface area contributed by atoms with Crippen LogP contribution in [0.2, 0.25) is 0 Å². The minimum absolute atomic E-state index is 0.101. The van der Waals surface area contributed by atoms with Crippen molar-refractivity contribution >= 4 is 16.0 Å². The number of benzene rings is 1. The fourth-order valence-electron chi connectivity index (χ4n) is 2.25. The van der Waals surface area contributed by atoms with E-state index in [2.05, 4.69) is 6.58 Å². The molecule has 1 N–H and O–H groups in total. The molecule has 6 heteroatoms. The molecule has 1 aliphatic rings. The number of fused-ring (bicyclic) bond motifs is 1. The molecule has 0 unspecified atom stereocenters. The van der Waals surface area contributed by atoms with E-state index in [1.54, 1.807) is 0 Å². The van der Waals surface area contributed by atoms with Crippen molar-refractivity contribution in [2.45, 2.75) is 19.0 Å². The second kappa shape index (κ2) is 5.14. The van der Waals surface area contributed by atoms with Gasteiger partial charge >= 0.3 is 5.97 Å². The highest BCUT2D eigenvalue weighted by Gasteiger charge is 2.37. The first-order chi connectivity index (χ1) is 8.95. The average Bonchev–Trinajstić information content (AvgIpc) is 2.37. The van der Waals surface area contributed by atoms with Crippen LogP contribution in [0.3, 0.4) is 0 Å². The largest absolute Gasteiger partial charge is 0.480 e. The number of carboxylic acids is 1. The molecule has 0 amide bonds. The van der Waals surface area contributed by atoms with Gasteiger partial charge in [0, 0.05) is 13.0 Å². The zero-order valence-electron chi connectivity index (χ0n) is 10.3. The number of hydrogen-bond donors (Lipinski definition) is 1.